The van der Waals surface area contributed by atoms with Crippen LogP contribution in [-0.2, 0) is 27.4 Å². The standard InChI is InChI=1S/C21H19FN2O3S/c1-15(25)24(19-5-3-2-4-6-19)21-23-18(14-28-21)13-27-20(26)12-9-16-7-10-17(22)11-8-16/h2-8,10-11,14H,9,12-13H2,1H3. The highest BCUT2D eigenvalue weighted by atomic mass is 32.1. The summed E-state index contributed by atoms with van der Waals surface area (Å²) in [4.78, 5) is 29.9. The number of nitrogens with zero attached hydrogens (tertiary/aromatic N) is 2. The van der Waals surface area contributed by atoms with E-state index in [4.69, 9.17) is 4.74 Å². The molecule has 0 bridgehead atoms. The number of thiazole rings is 1. The molecule has 2 aromatic carbocycles. The molecule has 144 valence electrons. The number of aromatic nitrogens is 1. The van der Waals surface area contributed by atoms with E-state index in [9.17, 15) is 14.0 Å². The summed E-state index contributed by atoms with van der Waals surface area (Å²) in [7, 11) is 0. The molecule has 0 aliphatic rings. The molecule has 0 saturated carbocycles. The number of esters is 1. The Morgan fingerprint density at radius 3 is 2.50 bits per heavy atom. The van der Waals surface area contributed by atoms with Crippen LogP contribution in [0.4, 0.5) is 15.2 Å². The van der Waals surface area contributed by atoms with E-state index in [0.29, 0.717) is 17.2 Å². The normalized spacial score (nSPS) is 10.5. The Hall–Kier alpha value is -3.06. The third-order valence-corrected chi connectivity index (χ3v) is 4.85. The van der Waals surface area contributed by atoms with Gasteiger partial charge in [-0.25, -0.2) is 9.37 Å². The summed E-state index contributed by atoms with van der Waals surface area (Å²) in [6.45, 7) is 1.52. The first kappa shape index (κ1) is 19.7. The monoisotopic (exact) mass is 398 g/mol. The topological polar surface area (TPSA) is 59.5 Å². The lowest BCUT2D eigenvalue weighted by molar-refractivity contribution is -0.145. The van der Waals surface area contributed by atoms with Gasteiger partial charge in [0.2, 0.25) is 5.91 Å². The number of halogens is 1. The maximum absolute atomic E-state index is 12.9. The zero-order chi connectivity index (χ0) is 19.9. The molecule has 28 heavy (non-hydrogen) atoms. The Labute approximate surface area is 166 Å². The van der Waals surface area contributed by atoms with Crippen molar-refractivity contribution in [1.29, 1.82) is 0 Å². The molecule has 0 saturated heterocycles. The number of aryl methyl sites for hydroxylation is 1. The van der Waals surface area contributed by atoms with Crippen LogP contribution < -0.4 is 4.90 Å². The minimum Gasteiger partial charge on any atom is -0.459 e. The minimum absolute atomic E-state index is 0.0410. The molecule has 0 aliphatic carbocycles. The fourth-order valence-corrected chi connectivity index (χ4v) is 3.46. The molecule has 3 aromatic rings. The average Bonchev–Trinajstić information content (AvgIpc) is 3.15. The van der Waals surface area contributed by atoms with Crippen LogP contribution in [0.5, 0.6) is 0 Å². The number of benzene rings is 2. The molecule has 1 amide bonds. The first-order chi connectivity index (χ1) is 13.5. The number of hydrogen-bond acceptors (Lipinski definition) is 5. The second-order valence-electron chi connectivity index (χ2n) is 6.10. The highest BCUT2D eigenvalue weighted by Crippen LogP contribution is 2.28. The number of rotatable bonds is 7. The van der Waals surface area contributed by atoms with Crippen LogP contribution >= 0.6 is 11.3 Å². The van der Waals surface area contributed by atoms with Gasteiger partial charge >= 0.3 is 5.97 Å². The highest BCUT2D eigenvalue weighted by molar-refractivity contribution is 7.14. The van der Waals surface area contributed by atoms with Crippen molar-refractivity contribution < 1.29 is 18.7 Å². The fourth-order valence-electron chi connectivity index (χ4n) is 2.59. The second-order valence-corrected chi connectivity index (χ2v) is 6.94. The molecule has 7 heteroatoms. The molecule has 0 aliphatic heterocycles. The van der Waals surface area contributed by atoms with Crippen LogP contribution in [0.15, 0.2) is 60.0 Å². The average molecular weight is 398 g/mol. The summed E-state index contributed by atoms with van der Waals surface area (Å²) >= 11 is 1.31. The third-order valence-electron chi connectivity index (χ3n) is 3.97. The summed E-state index contributed by atoms with van der Waals surface area (Å²) in [5.74, 6) is -0.811. The van der Waals surface area contributed by atoms with E-state index in [0.717, 1.165) is 11.3 Å². The molecule has 3 rings (SSSR count). The van der Waals surface area contributed by atoms with Crippen molar-refractivity contribution >= 4 is 34.0 Å². The maximum Gasteiger partial charge on any atom is 0.306 e. The molecule has 1 heterocycles. The smallest absolute Gasteiger partial charge is 0.306 e. The summed E-state index contributed by atoms with van der Waals surface area (Å²) < 4.78 is 18.1. The zero-order valence-electron chi connectivity index (χ0n) is 15.3. The first-order valence-electron chi connectivity index (χ1n) is 8.73. The van der Waals surface area contributed by atoms with E-state index in [1.165, 1.54) is 35.3 Å². The Morgan fingerprint density at radius 1 is 1.11 bits per heavy atom. The number of carbonyl (C=O) groups excluding carboxylic acids is 2. The molecule has 0 unspecified atom stereocenters. The van der Waals surface area contributed by atoms with E-state index in [2.05, 4.69) is 4.98 Å². The van der Waals surface area contributed by atoms with Gasteiger partial charge in [0, 0.05) is 18.7 Å². The number of carbonyl (C=O) groups is 2. The van der Waals surface area contributed by atoms with Gasteiger partial charge in [0.05, 0.1) is 11.4 Å². The molecule has 0 fully saturated rings. The van der Waals surface area contributed by atoms with E-state index >= 15 is 0 Å². The van der Waals surface area contributed by atoms with Crippen LogP contribution in [0.1, 0.15) is 24.6 Å². The predicted molar refractivity (Wildman–Crippen MR) is 106 cm³/mol. The van der Waals surface area contributed by atoms with Crippen LogP contribution in [0.3, 0.4) is 0 Å². The van der Waals surface area contributed by atoms with Gasteiger partial charge in [-0.3, -0.25) is 14.5 Å². The quantitative estimate of drug-likeness (QED) is 0.544. The number of anilines is 2. The highest BCUT2D eigenvalue weighted by Gasteiger charge is 2.18. The van der Waals surface area contributed by atoms with Crippen LogP contribution in [0, 0.1) is 5.82 Å². The van der Waals surface area contributed by atoms with Crippen molar-refractivity contribution in [2.45, 2.75) is 26.4 Å². The van der Waals surface area contributed by atoms with Crippen LogP contribution in [-0.4, -0.2) is 16.9 Å². The van der Waals surface area contributed by atoms with Gasteiger partial charge in [0.15, 0.2) is 5.13 Å². The molecule has 1 aromatic heterocycles. The Balaban J connectivity index is 1.55. The van der Waals surface area contributed by atoms with Gasteiger partial charge in [0.1, 0.15) is 12.4 Å². The Bertz CT molecular complexity index is 942. The van der Waals surface area contributed by atoms with Gasteiger partial charge < -0.3 is 4.74 Å². The van der Waals surface area contributed by atoms with Gasteiger partial charge in [-0.15, -0.1) is 11.3 Å². The third kappa shape index (κ3) is 5.23. The molecule has 0 atom stereocenters. The molecular weight excluding hydrogens is 379 g/mol. The van der Waals surface area contributed by atoms with Crippen LogP contribution in [0.25, 0.3) is 0 Å². The fraction of sp³-hybridized carbons (Fsp3) is 0.190. The number of amides is 1. The molecule has 5 nitrogen and oxygen atoms in total. The predicted octanol–water partition coefficient (Wildman–Crippen LogP) is 4.64. The minimum atomic E-state index is -0.356. The molecular formula is C21H19FN2O3S. The first-order valence-corrected chi connectivity index (χ1v) is 9.61. The summed E-state index contributed by atoms with van der Waals surface area (Å²) in [6.07, 6.45) is 0.680. The van der Waals surface area contributed by atoms with E-state index in [1.54, 1.807) is 17.5 Å². The zero-order valence-corrected chi connectivity index (χ0v) is 16.1. The number of para-hydroxylation sites is 1. The Morgan fingerprint density at radius 2 is 1.82 bits per heavy atom. The van der Waals surface area contributed by atoms with Gasteiger partial charge in [-0.1, -0.05) is 30.3 Å². The summed E-state index contributed by atoms with van der Waals surface area (Å²) in [6, 6.07) is 15.3. The van der Waals surface area contributed by atoms with Crippen molar-refractivity contribution in [3.63, 3.8) is 0 Å². The molecule has 0 N–H and O–H groups in total. The number of ether oxygens (including phenoxy) is 1. The van der Waals surface area contributed by atoms with Gasteiger partial charge in [0.25, 0.3) is 0 Å². The lowest BCUT2D eigenvalue weighted by Crippen LogP contribution is -2.22. The van der Waals surface area contributed by atoms with Crippen molar-refractivity contribution in [3.05, 3.63) is 77.1 Å². The van der Waals surface area contributed by atoms with Crippen molar-refractivity contribution in [1.82, 2.24) is 4.98 Å². The summed E-state index contributed by atoms with van der Waals surface area (Å²) in [5.41, 5.74) is 2.18. The lowest BCUT2D eigenvalue weighted by atomic mass is 10.1. The second kappa shape index (κ2) is 9.23. The van der Waals surface area contributed by atoms with E-state index in [-0.39, 0.29) is 30.7 Å². The molecule has 0 radical (unpaired) electrons. The van der Waals surface area contributed by atoms with E-state index < -0.39 is 0 Å². The van der Waals surface area contributed by atoms with Crippen molar-refractivity contribution in [2.75, 3.05) is 4.90 Å². The SMILES string of the molecule is CC(=O)N(c1ccccc1)c1nc(COC(=O)CCc2ccc(F)cc2)cs1. The summed E-state index contributed by atoms with van der Waals surface area (Å²) in [5, 5.41) is 2.29. The lowest BCUT2D eigenvalue weighted by Gasteiger charge is -2.17. The van der Waals surface area contributed by atoms with Crippen molar-refractivity contribution in [3.8, 4) is 0 Å². The van der Waals surface area contributed by atoms with Crippen molar-refractivity contribution in [2.24, 2.45) is 0 Å². The molecule has 0 spiro atoms. The van der Waals surface area contributed by atoms with Gasteiger partial charge in [-0.2, -0.15) is 0 Å². The van der Waals surface area contributed by atoms with Gasteiger partial charge in [-0.05, 0) is 36.2 Å². The maximum atomic E-state index is 12.9. The number of hydrogen-bond donors (Lipinski definition) is 0. The van der Waals surface area contributed by atoms with Crippen LogP contribution in [0.2, 0.25) is 0 Å². The van der Waals surface area contributed by atoms with E-state index in [1.807, 2.05) is 30.3 Å². The Kier molecular flexibility index (Phi) is 6.49. The largest absolute Gasteiger partial charge is 0.459 e.